The number of aliphatic carboxylic acids is 1. The van der Waals surface area contributed by atoms with Crippen molar-refractivity contribution < 1.29 is 24.3 Å². The molecule has 0 aromatic heterocycles. The van der Waals surface area contributed by atoms with E-state index in [2.05, 4.69) is 16.0 Å². The largest absolute Gasteiger partial charge is 0.480 e. The molecule has 22 heavy (non-hydrogen) atoms. The molecule has 0 bridgehead atoms. The molecule has 126 valence electrons. The Balaban J connectivity index is 4.61. The molecule has 0 radical (unpaired) electrons. The number of carboxylic acids is 1. The van der Waals surface area contributed by atoms with Gasteiger partial charge in [0.15, 0.2) is 0 Å². The molecule has 3 amide bonds. The van der Waals surface area contributed by atoms with Crippen molar-refractivity contribution in [3.63, 3.8) is 0 Å². The molecule has 6 N–H and O–H groups in total. The highest BCUT2D eigenvalue weighted by molar-refractivity contribution is 5.92. The summed E-state index contributed by atoms with van der Waals surface area (Å²) in [6.07, 6.45) is 0.390. The van der Waals surface area contributed by atoms with Crippen LogP contribution in [0.2, 0.25) is 0 Å². The maximum Gasteiger partial charge on any atom is 0.322 e. The number of amides is 3. The molecule has 0 fully saturated rings. The molecule has 0 saturated heterocycles. The van der Waals surface area contributed by atoms with Crippen molar-refractivity contribution in [1.82, 2.24) is 16.0 Å². The van der Waals surface area contributed by atoms with E-state index in [1.807, 2.05) is 13.8 Å². The number of nitrogens with one attached hydrogen (secondary N) is 3. The average molecular weight is 316 g/mol. The van der Waals surface area contributed by atoms with Crippen LogP contribution in [0.4, 0.5) is 0 Å². The second-order valence-electron chi connectivity index (χ2n) is 5.30. The van der Waals surface area contributed by atoms with Gasteiger partial charge in [-0.1, -0.05) is 13.8 Å². The van der Waals surface area contributed by atoms with Crippen LogP contribution in [0.1, 0.15) is 27.2 Å². The van der Waals surface area contributed by atoms with Crippen molar-refractivity contribution in [1.29, 1.82) is 0 Å². The lowest BCUT2D eigenvalue weighted by Crippen LogP contribution is -2.54. The number of carbonyl (C=O) groups is 4. The Hall–Kier alpha value is -2.16. The van der Waals surface area contributed by atoms with Gasteiger partial charge in [-0.2, -0.15) is 0 Å². The Bertz CT molecular complexity index is 425. The molecule has 0 aliphatic carbocycles. The van der Waals surface area contributed by atoms with Crippen LogP contribution in [0.25, 0.3) is 0 Å². The van der Waals surface area contributed by atoms with Crippen molar-refractivity contribution in [2.45, 2.75) is 39.3 Å². The predicted octanol–water partition coefficient (Wildman–Crippen LogP) is -1.82. The summed E-state index contributed by atoms with van der Waals surface area (Å²) in [4.78, 5) is 45.4. The molecule has 0 aliphatic heterocycles. The molecule has 0 aromatic rings. The number of carbonyl (C=O) groups excluding carboxylic acids is 3. The van der Waals surface area contributed by atoms with E-state index in [0.29, 0.717) is 6.42 Å². The first-order valence-electron chi connectivity index (χ1n) is 6.96. The van der Waals surface area contributed by atoms with E-state index in [1.165, 1.54) is 6.92 Å². The lowest BCUT2D eigenvalue weighted by molar-refractivity contribution is -0.138. The molecule has 0 saturated carbocycles. The van der Waals surface area contributed by atoms with Crippen LogP contribution >= 0.6 is 0 Å². The third-order valence-corrected chi connectivity index (χ3v) is 2.71. The van der Waals surface area contributed by atoms with E-state index in [9.17, 15) is 19.2 Å². The Kier molecular flexibility index (Phi) is 8.76. The van der Waals surface area contributed by atoms with Gasteiger partial charge in [0, 0.05) is 0 Å². The van der Waals surface area contributed by atoms with Gasteiger partial charge >= 0.3 is 5.97 Å². The quantitative estimate of drug-likeness (QED) is 0.338. The van der Waals surface area contributed by atoms with Crippen LogP contribution < -0.4 is 21.7 Å². The highest BCUT2D eigenvalue weighted by Crippen LogP contribution is 2.05. The minimum atomic E-state index is -1.18. The van der Waals surface area contributed by atoms with Gasteiger partial charge in [0.1, 0.15) is 18.6 Å². The fourth-order valence-electron chi connectivity index (χ4n) is 1.65. The Labute approximate surface area is 129 Å². The molecular formula is C13H24N4O5. The zero-order chi connectivity index (χ0) is 17.3. The summed E-state index contributed by atoms with van der Waals surface area (Å²) < 4.78 is 0. The van der Waals surface area contributed by atoms with Crippen LogP contribution in [-0.4, -0.2) is 54.0 Å². The molecule has 9 nitrogen and oxygen atoms in total. The van der Waals surface area contributed by atoms with Crippen LogP contribution in [0, 0.1) is 5.92 Å². The Morgan fingerprint density at radius 1 is 1.05 bits per heavy atom. The minimum Gasteiger partial charge on any atom is -0.480 e. The molecule has 0 rings (SSSR count). The van der Waals surface area contributed by atoms with Gasteiger partial charge < -0.3 is 26.8 Å². The van der Waals surface area contributed by atoms with Crippen molar-refractivity contribution in [2.24, 2.45) is 11.7 Å². The van der Waals surface area contributed by atoms with Crippen LogP contribution in [0.15, 0.2) is 0 Å². The summed E-state index contributed by atoms with van der Waals surface area (Å²) in [7, 11) is 0. The second kappa shape index (κ2) is 9.72. The zero-order valence-electron chi connectivity index (χ0n) is 13.0. The number of rotatable bonds is 9. The Morgan fingerprint density at radius 3 is 2.09 bits per heavy atom. The van der Waals surface area contributed by atoms with Crippen molar-refractivity contribution in [3.8, 4) is 0 Å². The summed E-state index contributed by atoms with van der Waals surface area (Å²) in [6, 6.07) is -1.72. The van der Waals surface area contributed by atoms with E-state index >= 15 is 0 Å². The number of hydrogen-bond acceptors (Lipinski definition) is 5. The molecule has 0 aliphatic rings. The number of nitrogens with two attached hydrogens (primary N) is 1. The first kappa shape index (κ1) is 19.8. The van der Waals surface area contributed by atoms with Gasteiger partial charge in [-0.25, -0.2) is 0 Å². The minimum absolute atomic E-state index is 0.143. The molecular weight excluding hydrogens is 292 g/mol. The summed E-state index contributed by atoms with van der Waals surface area (Å²) in [6.45, 7) is 4.43. The van der Waals surface area contributed by atoms with E-state index in [4.69, 9.17) is 10.8 Å². The van der Waals surface area contributed by atoms with Crippen LogP contribution in [0.3, 0.4) is 0 Å². The van der Waals surface area contributed by atoms with Crippen molar-refractivity contribution >= 4 is 23.7 Å². The lowest BCUT2D eigenvalue weighted by Gasteiger charge is -2.22. The van der Waals surface area contributed by atoms with Crippen LogP contribution in [-0.2, 0) is 19.2 Å². The third kappa shape index (κ3) is 8.20. The van der Waals surface area contributed by atoms with E-state index in [1.54, 1.807) is 0 Å². The molecule has 9 heteroatoms. The summed E-state index contributed by atoms with van der Waals surface area (Å²) in [5.41, 5.74) is 5.21. The monoisotopic (exact) mass is 316 g/mol. The fourth-order valence-corrected chi connectivity index (χ4v) is 1.65. The summed E-state index contributed by atoms with van der Waals surface area (Å²) >= 11 is 0. The number of hydrogen-bond donors (Lipinski definition) is 5. The highest BCUT2D eigenvalue weighted by Gasteiger charge is 2.24. The first-order valence-corrected chi connectivity index (χ1v) is 6.96. The average Bonchev–Trinajstić information content (AvgIpc) is 2.42. The van der Waals surface area contributed by atoms with E-state index in [-0.39, 0.29) is 12.5 Å². The van der Waals surface area contributed by atoms with Gasteiger partial charge in [-0.05, 0) is 19.3 Å². The topological polar surface area (TPSA) is 151 Å². The van der Waals surface area contributed by atoms with Crippen LogP contribution in [0.5, 0.6) is 0 Å². The van der Waals surface area contributed by atoms with E-state index < -0.39 is 42.3 Å². The maximum absolute atomic E-state index is 12.1. The Morgan fingerprint density at radius 2 is 1.64 bits per heavy atom. The molecule has 2 unspecified atom stereocenters. The summed E-state index contributed by atoms with van der Waals surface area (Å²) in [5, 5.41) is 15.6. The normalized spacial score (nSPS) is 13.1. The lowest BCUT2D eigenvalue weighted by atomic mass is 10.0. The fraction of sp³-hybridized carbons (Fsp3) is 0.692. The van der Waals surface area contributed by atoms with Crippen molar-refractivity contribution in [3.05, 3.63) is 0 Å². The third-order valence-electron chi connectivity index (χ3n) is 2.71. The van der Waals surface area contributed by atoms with Gasteiger partial charge in [-0.3, -0.25) is 19.2 Å². The molecule has 0 aromatic carbocycles. The zero-order valence-corrected chi connectivity index (χ0v) is 13.0. The van der Waals surface area contributed by atoms with Gasteiger partial charge in [-0.15, -0.1) is 0 Å². The first-order chi connectivity index (χ1) is 10.2. The smallest absolute Gasteiger partial charge is 0.322 e. The number of carboxylic acid groups (broad SMARTS) is 1. The summed E-state index contributed by atoms with van der Waals surface area (Å²) in [5.74, 6) is -2.65. The second-order valence-corrected chi connectivity index (χ2v) is 5.30. The SMILES string of the molecule is CC(C)CC(NC(=O)CN)C(=O)NC(C)C(=O)NCC(=O)O. The standard InChI is InChI=1S/C13H24N4O5/c1-7(2)4-9(17-10(18)5-14)13(22)16-8(3)12(21)15-6-11(19)20/h7-9H,4-6,14H2,1-3H3,(H,15,21)(H,16,22)(H,17,18)(H,19,20). The molecule has 0 spiro atoms. The molecule has 2 atom stereocenters. The van der Waals surface area contributed by atoms with Crippen molar-refractivity contribution in [2.75, 3.05) is 13.1 Å². The molecule has 0 heterocycles. The maximum atomic E-state index is 12.1. The van der Waals surface area contributed by atoms with E-state index in [0.717, 1.165) is 0 Å². The highest BCUT2D eigenvalue weighted by atomic mass is 16.4. The van der Waals surface area contributed by atoms with Gasteiger partial charge in [0.25, 0.3) is 0 Å². The van der Waals surface area contributed by atoms with Gasteiger partial charge in [0.2, 0.25) is 17.7 Å². The predicted molar refractivity (Wildman–Crippen MR) is 78.7 cm³/mol. The van der Waals surface area contributed by atoms with Gasteiger partial charge in [0.05, 0.1) is 6.54 Å².